The number of carbonyl (C=O) groups excluding carboxylic acids is 1. The van der Waals surface area contributed by atoms with E-state index in [1.54, 1.807) is 12.1 Å². The van der Waals surface area contributed by atoms with Crippen molar-refractivity contribution in [1.82, 2.24) is 9.62 Å². The van der Waals surface area contributed by atoms with Crippen molar-refractivity contribution in [2.24, 2.45) is 5.92 Å². The Morgan fingerprint density at radius 1 is 1.36 bits per heavy atom. The van der Waals surface area contributed by atoms with E-state index in [-0.39, 0.29) is 5.91 Å². The monoisotopic (exact) mass is 344 g/mol. The number of hydrogen-bond donors (Lipinski definition) is 1. The molecule has 1 amide bonds. The average Bonchev–Trinajstić information content (AvgIpc) is 2.45. The lowest BCUT2D eigenvalue weighted by molar-refractivity contribution is -0.120. The van der Waals surface area contributed by atoms with Gasteiger partial charge in [-0.3, -0.25) is 4.79 Å². The maximum atomic E-state index is 11.9. The molecular formula is C15H21ClN2O3S. The highest BCUT2D eigenvalue weighted by atomic mass is 35.5. The van der Waals surface area contributed by atoms with E-state index in [4.69, 9.17) is 11.6 Å². The highest BCUT2D eigenvalue weighted by Gasteiger charge is 2.24. The molecule has 122 valence electrons. The van der Waals surface area contributed by atoms with Crippen LogP contribution in [0.2, 0.25) is 5.02 Å². The molecule has 2 rings (SSSR count). The van der Waals surface area contributed by atoms with Crippen LogP contribution in [-0.4, -0.2) is 44.5 Å². The maximum Gasteiger partial charge on any atom is 0.224 e. The zero-order valence-electron chi connectivity index (χ0n) is 12.6. The highest BCUT2D eigenvalue weighted by molar-refractivity contribution is 7.88. The predicted octanol–water partition coefficient (Wildman–Crippen LogP) is 1.67. The molecule has 1 aliphatic heterocycles. The standard InChI is InChI=1S/C15H21ClN2O3S/c1-22(20,21)18-7-5-12(6-8-18)11-17-15(19)10-13-3-2-4-14(16)9-13/h2-4,9,12H,5-8,10-11H2,1H3,(H,17,19). The third-order valence-corrected chi connectivity index (χ3v) is 5.42. The Morgan fingerprint density at radius 3 is 2.64 bits per heavy atom. The molecule has 1 aromatic carbocycles. The Balaban J connectivity index is 1.74. The molecule has 1 aliphatic rings. The molecule has 0 aliphatic carbocycles. The number of sulfonamides is 1. The van der Waals surface area contributed by atoms with E-state index in [1.807, 2.05) is 12.1 Å². The van der Waals surface area contributed by atoms with Crippen molar-refractivity contribution in [2.45, 2.75) is 19.3 Å². The molecule has 22 heavy (non-hydrogen) atoms. The van der Waals surface area contributed by atoms with Gasteiger partial charge in [0.25, 0.3) is 0 Å². The molecule has 0 aromatic heterocycles. The minimum atomic E-state index is -3.09. The molecule has 0 bridgehead atoms. The summed E-state index contributed by atoms with van der Waals surface area (Å²) < 4.78 is 24.4. The van der Waals surface area contributed by atoms with Crippen LogP contribution in [0.3, 0.4) is 0 Å². The highest BCUT2D eigenvalue weighted by Crippen LogP contribution is 2.18. The SMILES string of the molecule is CS(=O)(=O)N1CCC(CNC(=O)Cc2cccc(Cl)c2)CC1. The first-order chi connectivity index (χ1) is 10.3. The van der Waals surface area contributed by atoms with Gasteiger partial charge in [-0.2, -0.15) is 0 Å². The van der Waals surface area contributed by atoms with E-state index in [9.17, 15) is 13.2 Å². The van der Waals surface area contributed by atoms with E-state index in [0.717, 1.165) is 18.4 Å². The number of nitrogens with zero attached hydrogens (tertiary/aromatic N) is 1. The van der Waals surface area contributed by atoms with Gasteiger partial charge in [0.05, 0.1) is 12.7 Å². The van der Waals surface area contributed by atoms with Gasteiger partial charge in [0.2, 0.25) is 15.9 Å². The summed E-state index contributed by atoms with van der Waals surface area (Å²) in [6, 6.07) is 7.26. The largest absolute Gasteiger partial charge is 0.356 e. The number of nitrogens with one attached hydrogen (secondary N) is 1. The lowest BCUT2D eigenvalue weighted by atomic mass is 9.98. The van der Waals surface area contributed by atoms with Gasteiger partial charge >= 0.3 is 0 Å². The molecule has 0 atom stereocenters. The van der Waals surface area contributed by atoms with Crippen LogP contribution < -0.4 is 5.32 Å². The van der Waals surface area contributed by atoms with Crippen LogP contribution in [0.1, 0.15) is 18.4 Å². The van der Waals surface area contributed by atoms with Crippen molar-refractivity contribution in [3.8, 4) is 0 Å². The smallest absolute Gasteiger partial charge is 0.224 e. The lowest BCUT2D eigenvalue weighted by Gasteiger charge is -2.30. The minimum absolute atomic E-state index is 0.0344. The molecule has 0 unspecified atom stereocenters. The van der Waals surface area contributed by atoms with E-state index < -0.39 is 10.0 Å². The molecule has 1 saturated heterocycles. The number of carbonyl (C=O) groups is 1. The number of hydrogen-bond acceptors (Lipinski definition) is 3. The van der Waals surface area contributed by atoms with Crippen molar-refractivity contribution in [3.05, 3.63) is 34.9 Å². The van der Waals surface area contributed by atoms with Gasteiger partial charge in [0.1, 0.15) is 0 Å². The van der Waals surface area contributed by atoms with Gasteiger partial charge in [0, 0.05) is 24.7 Å². The summed E-state index contributed by atoms with van der Waals surface area (Å²) in [5, 5.41) is 3.55. The van der Waals surface area contributed by atoms with Crippen molar-refractivity contribution in [1.29, 1.82) is 0 Å². The molecule has 1 N–H and O–H groups in total. The van der Waals surface area contributed by atoms with Gasteiger partial charge in [0.15, 0.2) is 0 Å². The van der Waals surface area contributed by atoms with E-state index >= 15 is 0 Å². The third-order valence-electron chi connectivity index (χ3n) is 3.88. The Kier molecular flexibility index (Phi) is 5.83. The first kappa shape index (κ1) is 17.2. The number of amides is 1. The van der Waals surface area contributed by atoms with Crippen LogP contribution in [0.15, 0.2) is 24.3 Å². The summed E-state index contributed by atoms with van der Waals surface area (Å²) in [6.07, 6.45) is 3.11. The molecule has 1 fully saturated rings. The Bertz CT molecular complexity index is 625. The zero-order valence-corrected chi connectivity index (χ0v) is 14.2. The average molecular weight is 345 g/mol. The summed E-state index contributed by atoms with van der Waals surface area (Å²) in [5.41, 5.74) is 0.886. The van der Waals surface area contributed by atoms with E-state index in [1.165, 1.54) is 10.6 Å². The topological polar surface area (TPSA) is 66.5 Å². The summed E-state index contributed by atoms with van der Waals surface area (Å²) in [4.78, 5) is 11.9. The second kappa shape index (κ2) is 7.44. The zero-order chi connectivity index (χ0) is 16.2. The van der Waals surface area contributed by atoms with E-state index in [2.05, 4.69) is 5.32 Å². The van der Waals surface area contributed by atoms with Crippen LogP contribution >= 0.6 is 11.6 Å². The second-order valence-electron chi connectivity index (χ2n) is 5.72. The van der Waals surface area contributed by atoms with Gasteiger partial charge in [-0.15, -0.1) is 0 Å². The van der Waals surface area contributed by atoms with Crippen molar-refractivity contribution in [2.75, 3.05) is 25.9 Å². The predicted molar refractivity (Wildman–Crippen MR) is 87.3 cm³/mol. The molecule has 1 heterocycles. The molecule has 0 spiro atoms. The third kappa shape index (κ3) is 5.26. The van der Waals surface area contributed by atoms with Crippen molar-refractivity contribution >= 4 is 27.5 Å². The van der Waals surface area contributed by atoms with Gasteiger partial charge in [-0.05, 0) is 36.5 Å². The van der Waals surface area contributed by atoms with Crippen LogP contribution in [0.25, 0.3) is 0 Å². The van der Waals surface area contributed by atoms with Crippen molar-refractivity contribution < 1.29 is 13.2 Å². The first-order valence-corrected chi connectivity index (χ1v) is 9.53. The summed E-state index contributed by atoms with van der Waals surface area (Å²) >= 11 is 5.89. The fourth-order valence-electron chi connectivity index (χ4n) is 2.60. The summed E-state index contributed by atoms with van der Waals surface area (Å²) in [5.74, 6) is 0.300. The quantitative estimate of drug-likeness (QED) is 0.883. The normalized spacial score (nSPS) is 17.4. The number of rotatable bonds is 5. The Morgan fingerprint density at radius 2 is 2.05 bits per heavy atom. The Labute approximate surface area is 136 Å². The number of benzene rings is 1. The maximum absolute atomic E-state index is 11.9. The van der Waals surface area contributed by atoms with Gasteiger partial charge in [-0.25, -0.2) is 12.7 Å². The van der Waals surface area contributed by atoms with Crippen LogP contribution in [0.5, 0.6) is 0 Å². The minimum Gasteiger partial charge on any atom is -0.356 e. The second-order valence-corrected chi connectivity index (χ2v) is 8.14. The van der Waals surface area contributed by atoms with Crippen molar-refractivity contribution in [3.63, 3.8) is 0 Å². The summed E-state index contributed by atoms with van der Waals surface area (Å²) in [6.45, 7) is 1.67. The van der Waals surface area contributed by atoms with Gasteiger partial charge in [-0.1, -0.05) is 23.7 Å². The first-order valence-electron chi connectivity index (χ1n) is 7.31. The molecular weight excluding hydrogens is 324 g/mol. The molecule has 0 radical (unpaired) electrons. The molecule has 0 saturated carbocycles. The van der Waals surface area contributed by atoms with Crippen LogP contribution in [0.4, 0.5) is 0 Å². The fourth-order valence-corrected chi connectivity index (χ4v) is 3.69. The van der Waals surface area contributed by atoms with Gasteiger partial charge < -0.3 is 5.32 Å². The number of halogens is 1. The Hall–Kier alpha value is -1.11. The van der Waals surface area contributed by atoms with Crippen LogP contribution in [-0.2, 0) is 21.2 Å². The molecule has 5 nitrogen and oxygen atoms in total. The van der Waals surface area contributed by atoms with E-state index in [0.29, 0.717) is 37.0 Å². The number of piperidine rings is 1. The molecule has 1 aromatic rings. The molecule has 7 heteroatoms. The fraction of sp³-hybridized carbons (Fsp3) is 0.533. The van der Waals surface area contributed by atoms with Crippen LogP contribution in [0, 0.1) is 5.92 Å². The lowest BCUT2D eigenvalue weighted by Crippen LogP contribution is -2.41. The summed E-state index contributed by atoms with van der Waals surface area (Å²) in [7, 11) is -3.09.